The third-order valence-corrected chi connectivity index (χ3v) is 4.02. The van der Waals surface area contributed by atoms with Gasteiger partial charge in [-0.3, -0.25) is 0 Å². The molecule has 2 rings (SSSR count). The summed E-state index contributed by atoms with van der Waals surface area (Å²) in [6, 6.07) is 4.84. The SMILES string of the molecule is CC(Cc1cccs1)NCC1CN(C)CCO1. The number of nitrogens with zero attached hydrogens (tertiary/aromatic N) is 1. The molecule has 1 aromatic rings. The molecule has 0 spiro atoms. The molecule has 0 amide bonds. The summed E-state index contributed by atoms with van der Waals surface area (Å²) in [5, 5.41) is 5.71. The normalized spacial score (nSPS) is 23.8. The van der Waals surface area contributed by atoms with Crippen molar-refractivity contribution in [3.05, 3.63) is 22.4 Å². The fraction of sp³-hybridized carbons (Fsp3) is 0.692. The molecule has 2 heterocycles. The lowest BCUT2D eigenvalue weighted by atomic mass is 10.2. The number of ether oxygens (including phenoxy) is 1. The van der Waals surface area contributed by atoms with Gasteiger partial charge in [-0.15, -0.1) is 11.3 Å². The third-order valence-electron chi connectivity index (χ3n) is 3.12. The molecular weight excluding hydrogens is 232 g/mol. The number of rotatable bonds is 5. The van der Waals surface area contributed by atoms with Gasteiger partial charge in [-0.05, 0) is 31.8 Å². The first-order valence-electron chi connectivity index (χ1n) is 6.30. The van der Waals surface area contributed by atoms with Crippen LogP contribution in [0.5, 0.6) is 0 Å². The van der Waals surface area contributed by atoms with Crippen molar-refractivity contribution in [3.63, 3.8) is 0 Å². The summed E-state index contributed by atoms with van der Waals surface area (Å²) in [5.74, 6) is 0. The number of thiophene rings is 1. The lowest BCUT2D eigenvalue weighted by Crippen LogP contribution is -2.46. The van der Waals surface area contributed by atoms with Crippen LogP contribution in [0.2, 0.25) is 0 Å². The highest BCUT2D eigenvalue weighted by atomic mass is 32.1. The molecule has 2 unspecified atom stereocenters. The second kappa shape index (κ2) is 6.50. The van der Waals surface area contributed by atoms with E-state index in [0.29, 0.717) is 12.1 Å². The molecule has 0 saturated carbocycles. The van der Waals surface area contributed by atoms with E-state index in [1.807, 2.05) is 11.3 Å². The zero-order valence-electron chi connectivity index (χ0n) is 10.7. The van der Waals surface area contributed by atoms with E-state index in [2.05, 4.69) is 41.7 Å². The van der Waals surface area contributed by atoms with Gasteiger partial charge in [-0.25, -0.2) is 0 Å². The van der Waals surface area contributed by atoms with E-state index in [9.17, 15) is 0 Å². The monoisotopic (exact) mass is 254 g/mol. The van der Waals surface area contributed by atoms with Crippen LogP contribution in [-0.2, 0) is 11.2 Å². The average molecular weight is 254 g/mol. The Kier molecular flexibility index (Phi) is 4.98. The van der Waals surface area contributed by atoms with Crippen LogP contribution < -0.4 is 5.32 Å². The first-order chi connectivity index (χ1) is 8.24. The van der Waals surface area contributed by atoms with Crippen molar-refractivity contribution in [3.8, 4) is 0 Å². The maximum atomic E-state index is 5.73. The van der Waals surface area contributed by atoms with Crippen LogP contribution in [0.3, 0.4) is 0 Å². The molecule has 17 heavy (non-hydrogen) atoms. The van der Waals surface area contributed by atoms with Gasteiger partial charge in [0.2, 0.25) is 0 Å². The van der Waals surface area contributed by atoms with Gasteiger partial charge in [-0.1, -0.05) is 6.07 Å². The van der Waals surface area contributed by atoms with Crippen molar-refractivity contribution in [2.24, 2.45) is 0 Å². The third kappa shape index (κ3) is 4.39. The van der Waals surface area contributed by atoms with E-state index in [-0.39, 0.29) is 0 Å². The van der Waals surface area contributed by atoms with Crippen LogP contribution in [0.1, 0.15) is 11.8 Å². The zero-order valence-corrected chi connectivity index (χ0v) is 11.5. The Labute approximate surface area is 108 Å². The number of nitrogens with one attached hydrogen (secondary N) is 1. The van der Waals surface area contributed by atoms with E-state index in [4.69, 9.17) is 4.74 Å². The van der Waals surface area contributed by atoms with Crippen molar-refractivity contribution < 1.29 is 4.74 Å². The fourth-order valence-corrected chi connectivity index (χ4v) is 2.96. The van der Waals surface area contributed by atoms with Crippen LogP contribution in [0, 0.1) is 0 Å². The minimum atomic E-state index is 0.347. The van der Waals surface area contributed by atoms with Crippen LogP contribution in [0.4, 0.5) is 0 Å². The predicted molar refractivity (Wildman–Crippen MR) is 72.7 cm³/mol. The van der Waals surface area contributed by atoms with Crippen molar-refractivity contribution in [2.75, 3.05) is 33.3 Å². The van der Waals surface area contributed by atoms with Gasteiger partial charge in [0, 0.05) is 30.6 Å². The van der Waals surface area contributed by atoms with Crippen molar-refractivity contribution >= 4 is 11.3 Å². The fourth-order valence-electron chi connectivity index (χ4n) is 2.13. The van der Waals surface area contributed by atoms with E-state index in [1.54, 1.807) is 0 Å². The van der Waals surface area contributed by atoms with Gasteiger partial charge >= 0.3 is 0 Å². The summed E-state index contributed by atoms with van der Waals surface area (Å²) in [6.45, 7) is 6.16. The summed E-state index contributed by atoms with van der Waals surface area (Å²) < 4.78 is 5.73. The molecular formula is C13H22N2OS. The second-order valence-electron chi connectivity index (χ2n) is 4.85. The highest BCUT2D eigenvalue weighted by molar-refractivity contribution is 7.09. The van der Waals surface area contributed by atoms with Gasteiger partial charge in [-0.2, -0.15) is 0 Å². The molecule has 1 aliphatic heterocycles. The topological polar surface area (TPSA) is 24.5 Å². The van der Waals surface area contributed by atoms with Gasteiger partial charge in [0.05, 0.1) is 12.7 Å². The molecule has 1 aliphatic rings. The van der Waals surface area contributed by atoms with Crippen molar-refractivity contribution in [2.45, 2.75) is 25.5 Å². The Bertz CT molecular complexity index is 315. The standard InChI is InChI=1S/C13H22N2OS/c1-11(8-13-4-3-7-17-13)14-9-12-10-15(2)5-6-16-12/h3-4,7,11-12,14H,5-6,8-10H2,1-2H3. The molecule has 1 aromatic heterocycles. The zero-order chi connectivity index (χ0) is 12.1. The first kappa shape index (κ1) is 13.0. The second-order valence-corrected chi connectivity index (χ2v) is 5.88. The van der Waals surface area contributed by atoms with Crippen molar-refractivity contribution in [1.82, 2.24) is 10.2 Å². The highest BCUT2D eigenvalue weighted by Crippen LogP contribution is 2.11. The Morgan fingerprint density at radius 3 is 3.24 bits per heavy atom. The lowest BCUT2D eigenvalue weighted by Gasteiger charge is -2.31. The van der Waals surface area contributed by atoms with E-state index >= 15 is 0 Å². The van der Waals surface area contributed by atoms with Crippen LogP contribution in [-0.4, -0.2) is 50.3 Å². The predicted octanol–water partition coefficient (Wildman–Crippen LogP) is 1.60. The molecule has 3 nitrogen and oxygen atoms in total. The number of morpholine rings is 1. The maximum Gasteiger partial charge on any atom is 0.0826 e. The minimum Gasteiger partial charge on any atom is -0.374 e. The molecule has 0 aromatic carbocycles. The van der Waals surface area contributed by atoms with Gasteiger partial charge in [0.15, 0.2) is 0 Å². The Morgan fingerprint density at radius 2 is 2.53 bits per heavy atom. The quantitative estimate of drug-likeness (QED) is 0.864. The smallest absolute Gasteiger partial charge is 0.0826 e. The lowest BCUT2D eigenvalue weighted by molar-refractivity contribution is -0.0190. The number of likely N-dealkylation sites (N-methyl/N-ethyl adjacent to an activating group) is 1. The average Bonchev–Trinajstić information content (AvgIpc) is 2.79. The summed E-state index contributed by atoms with van der Waals surface area (Å²) in [5.41, 5.74) is 0. The van der Waals surface area contributed by atoms with Gasteiger partial charge in [0.25, 0.3) is 0 Å². The number of hydrogen-bond donors (Lipinski definition) is 1. The summed E-state index contributed by atoms with van der Waals surface area (Å²) in [4.78, 5) is 3.78. The Balaban J connectivity index is 1.67. The Morgan fingerprint density at radius 1 is 1.65 bits per heavy atom. The molecule has 0 radical (unpaired) electrons. The molecule has 96 valence electrons. The van der Waals surface area contributed by atoms with Gasteiger partial charge in [0.1, 0.15) is 0 Å². The van der Waals surface area contributed by atoms with Crippen LogP contribution in [0.25, 0.3) is 0 Å². The summed E-state index contributed by atoms with van der Waals surface area (Å²) >= 11 is 1.83. The Hall–Kier alpha value is -0.420. The van der Waals surface area contributed by atoms with Crippen molar-refractivity contribution in [1.29, 1.82) is 0 Å². The number of hydrogen-bond acceptors (Lipinski definition) is 4. The molecule has 4 heteroatoms. The molecule has 2 atom stereocenters. The highest BCUT2D eigenvalue weighted by Gasteiger charge is 2.17. The van der Waals surface area contributed by atoms with Crippen LogP contribution >= 0.6 is 11.3 Å². The van der Waals surface area contributed by atoms with Gasteiger partial charge < -0.3 is 15.0 Å². The van der Waals surface area contributed by atoms with Crippen LogP contribution in [0.15, 0.2) is 17.5 Å². The first-order valence-corrected chi connectivity index (χ1v) is 7.18. The van der Waals surface area contributed by atoms with E-state index in [0.717, 1.165) is 32.7 Å². The molecule has 1 N–H and O–H groups in total. The molecule has 0 aliphatic carbocycles. The minimum absolute atomic E-state index is 0.347. The molecule has 1 fully saturated rings. The molecule has 1 saturated heterocycles. The summed E-state index contributed by atoms with van der Waals surface area (Å²) in [7, 11) is 2.16. The largest absolute Gasteiger partial charge is 0.374 e. The van der Waals surface area contributed by atoms with E-state index < -0.39 is 0 Å². The van der Waals surface area contributed by atoms with E-state index in [1.165, 1.54) is 4.88 Å². The summed E-state index contributed by atoms with van der Waals surface area (Å²) in [6.07, 6.45) is 1.46. The maximum absolute atomic E-state index is 5.73. The molecule has 0 bridgehead atoms.